The monoisotopic (exact) mass is 201 g/mol. The minimum atomic E-state index is 0.827. The third-order valence-electron chi connectivity index (χ3n) is 2.36. The van der Waals surface area contributed by atoms with E-state index in [2.05, 4.69) is 41.6 Å². The fraction of sp³-hybridized carbons (Fsp3) is 0.250. The van der Waals surface area contributed by atoms with E-state index < -0.39 is 0 Å². The third kappa shape index (κ3) is 2.07. The van der Waals surface area contributed by atoms with Gasteiger partial charge in [0.15, 0.2) is 0 Å². The molecular formula is C12H15N3. The maximum Gasteiger partial charge on any atom is 0.0649 e. The van der Waals surface area contributed by atoms with E-state index in [-0.39, 0.29) is 0 Å². The lowest BCUT2D eigenvalue weighted by Crippen LogP contribution is -2.10. The van der Waals surface area contributed by atoms with Crippen LogP contribution in [0.2, 0.25) is 0 Å². The highest BCUT2D eigenvalue weighted by atomic mass is 15.3. The number of benzene rings is 1. The van der Waals surface area contributed by atoms with Crippen LogP contribution >= 0.6 is 0 Å². The van der Waals surface area contributed by atoms with Crippen LogP contribution in [-0.2, 0) is 6.54 Å². The maximum atomic E-state index is 4.31. The molecule has 2 rings (SSSR count). The van der Waals surface area contributed by atoms with Crippen molar-refractivity contribution in [1.82, 2.24) is 15.1 Å². The van der Waals surface area contributed by atoms with Gasteiger partial charge in [-0.3, -0.25) is 0 Å². The molecular weight excluding hydrogens is 186 g/mol. The zero-order chi connectivity index (χ0) is 10.7. The first-order valence-corrected chi connectivity index (χ1v) is 5.06. The van der Waals surface area contributed by atoms with Crippen LogP contribution in [0.5, 0.6) is 0 Å². The van der Waals surface area contributed by atoms with Crippen molar-refractivity contribution in [2.45, 2.75) is 13.5 Å². The Labute approximate surface area is 89.7 Å². The molecule has 1 aromatic carbocycles. The van der Waals surface area contributed by atoms with Crippen molar-refractivity contribution in [1.29, 1.82) is 0 Å². The van der Waals surface area contributed by atoms with Crippen molar-refractivity contribution in [3.8, 4) is 5.69 Å². The first-order chi connectivity index (χ1) is 7.31. The summed E-state index contributed by atoms with van der Waals surface area (Å²) in [5.41, 5.74) is 3.54. The number of rotatable bonds is 3. The summed E-state index contributed by atoms with van der Waals surface area (Å²) in [6.45, 7) is 2.91. The van der Waals surface area contributed by atoms with Crippen LogP contribution in [0.3, 0.4) is 0 Å². The molecule has 0 aliphatic carbocycles. The van der Waals surface area contributed by atoms with E-state index in [1.54, 1.807) is 0 Å². The van der Waals surface area contributed by atoms with Gasteiger partial charge in [-0.1, -0.05) is 17.7 Å². The van der Waals surface area contributed by atoms with Crippen molar-refractivity contribution in [3.63, 3.8) is 0 Å². The molecule has 15 heavy (non-hydrogen) atoms. The van der Waals surface area contributed by atoms with Gasteiger partial charge in [-0.2, -0.15) is 5.10 Å². The summed E-state index contributed by atoms with van der Waals surface area (Å²) in [6, 6.07) is 10.4. The van der Waals surface area contributed by atoms with Gasteiger partial charge in [0, 0.05) is 12.7 Å². The van der Waals surface area contributed by atoms with Crippen LogP contribution in [0.25, 0.3) is 5.69 Å². The molecule has 78 valence electrons. The van der Waals surface area contributed by atoms with Gasteiger partial charge < -0.3 is 5.32 Å². The quantitative estimate of drug-likeness (QED) is 0.822. The van der Waals surface area contributed by atoms with E-state index in [4.69, 9.17) is 0 Å². The molecule has 1 heterocycles. The topological polar surface area (TPSA) is 29.9 Å². The van der Waals surface area contributed by atoms with Gasteiger partial charge in [-0.25, -0.2) is 4.68 Å². The average molecular weight is 201 g/mol. The van der Waals surface area contributed by atoms with Crippen molar-refractivity contribution < 1.29 is 0 Å². The summed E-state index contributed by atoms with van der Waals surface area (Å²) in [5.74, 6) is 0. The zero-order valence-corrected chi connectivity index (χ0v) is 9.07. The van der Waals surface area contributed by atoms with Gasteiger partial charge in [0.1, 0.15) is 0 Å². The molecule has 0 bridgehead atoms. The molecule has 0 radical (unpaired) electrons. The second-order valence-electron chi connectivity index (χ2n) is 3.60. The van der Waals surface area contributed by atoms with Gasteiger partial charge in [-0.15, -0.1) is 0 Å². The molecule has 3 nitrogen and oxygen atoms in total. The van der Waals surface area contributed by atoms with Crippen molar-refractivity contribution in [3.05, 3.63) is 47.8 Å². The normalized spacial score (nSPS) is 10.5. The number of hydrogen-bond acceptors (Lipinski definition) is 2. The fourth-order valence-electron chi connectivity index (χ4n) is 1.56. The summed E-state index contributed by atoms with van der Waals surface area (Å²) >= 11 is 0. The highest BCUT2D eigenvalue weighted by molar-refractivity contribution is 5.35. The molecule has 0 unspecified atom stereocenters. The van der Waals surface area contributed by atoms with Crippen molar-refractivity contribution >= 4 is 0 Å². The first-order valence-electron chi connectivity index (χ1n) is 5.06. The summed E-state index contributed by atoms with van der Waals surface area (Å²) in [5, 5.41) is 7.44. The van der Waals surface area contributed by atoms with Crippen LogP contribution in [-0.4, -0.2) is 16.8 Å². The molecule has 0 atom stereocenters. The Morgan fingerprint density at radius 1 is 1.20 bits per heavy atom. The third-order valence-corrected chi connectivity index (χ3v) is 2.36. The van der Waals surface area contributed by atoms with Crippen LogP contribution in [0.4, 0.5) is 0 Å². The molecule has 0 aliphatic heterocycles. The van der Waals surface area contributed by atoms with Gasteiger partial charge in [0.2, 0.25) is 0 Å². The number of nitrogens with one attached hydrogen (secondary N) is 1. The maximum absolute atomic E-state index is 4.31. The lowest BCUT2D eigenvalue weighted by Gasteiger charge is -2.07. The average Bonchev–Trinajstić information content (AvgIpc) is 2.68. The Morgan fingerprint density at radius 3 is 2.60 bits per heavy atom. The molecule has 2 aromatic rings. The van der Waals surface area contributed by atoms with Gasteiger partial charge in [-0.05, 0) is 32.2 Å². The van der Waals surface area contributed by atoms with E-state index in [0.717, 1.165) is 12.2 Å². The molecule has 0 spiro atoms. The molecule has 0 saturated carbocycles. The smallest absolute Gasteiger partial charge is 0.0649 e. The summed E-state index contributed by atoms with van der Waals surface area (Å²) in [4.78, 5) is 0. The number of aryl methyl sites for hydroxylation is 1. The van der Waals surface area contributed by atoms with Crippen LogP contribution < -0.4 is 5.32 Å². The SMILES string of the molecule is CNCc1ccnn1-c1ccc(C)cc1. The predicted octanol–water partition coefficient (Wildman–Crippen LogP) is 1.90. The van der Waals surface area contributed by atoms with Gasteiger partial charge >= 0.3 is 0 Å². The van der Waals surface area contributed by atoms with Gasteiger partial charge in [0.05, 0.1) is 11.4 Å². The second-order valence-corrected chi connectivity index (χ2v) is 3.60. The predicted molar refractivity (Wildman–Crippen MR) is 61.1 cm³/mol. The number of nitrogens with zero attached hydrogens (tertiary/aromatic N) is 2. The van der Waals surface area contributed by atoms with Crippen LogP contribution in [0.15, 0.2) is 36.5 Å². The lowest BCUT2D eigenvalue weighted by atomic mass is 10.2. The number of aromatic nitrogens is 2. The highest BCUT2D eigenvalue weighted by Gasteiger charge is 2.02. The number of hydrogen-bond donors (Lipinski definition) is 1. The Bertz CT molecular complexity index is 428. The van der Waals surface area contributed by atoms with Gasteiger partial charge in [0.25, 0.3) is 0 Å². The van der Waals surface area contributed by atoms with E-state index in [1.807, 2.05) is 24.0 Å². The largest absolute Gasteiger partial charge is 0.314 e. The molecule has 1 N–H and O–H groups in total. The minimum absolute atomic E-state index is 0.827. The van der Waals surface area contributed by atoms with E-state index in [1.165, 1.54) is 11.3 Å². The molecule has 0 saturated heterocycles. The second kappa shape index (κ2) is 4.28. The fourth-order valence-corrected chi connectivity index (χ4v) is 1.56. The standard InChI is InChI=1S/C12H15N3/c1-10-3-5-11(6-4-10)15-12(9-13-2)7-8-14-15/h3-8,13H,9H2,1-2H3. The van der Waals surface area contributed by atoms with E-state index in [0.29, 0.717) is 0 Å². The van der Waals surface area contributed by atoms with Crippen molar-refractivity contribution in [2.24, 2.45) is 0 Å². The van der Waals surface area contributed by atoms with Crippen LogP contribution in [0.1, 0.15) is 11.3 Å². The molecule has 0 fully saturated rings. The summed E-state index contributed by atoms with van der Waals surface area (Å²) in [7, 11) is 1.94. The summed E-state index contributed by atoms with van der Waals surface area (Å²) < 4.78 is 1.95. The highest BCUT2D eigenvalue weighted by Crippen LogP contribution is 2.11. The first kappa shape index (κ1) is 9.93. The Kier molecular flexibility index (Phi) is 2.83. The summed E-state index contributed by atoms with van der Waals surface area (Å²) in [6.07, 6.45) is 1.83. The van der Waals surface area contributed by atoms with Crippen LogP contribution in [0, 0.1) is 6.92 Å². The molecule has 3 heteroatoms. The Hall–Kier alpha value is -1.61. The molecule has 1 aromatic heterocycles. The zero-order valence-electron chi connectivity index (χ0n) is 9.07. The molecule has 0 aliphatic rings. The Morgan fingerprint density at radius 2 is 1.93 bits per heavy atom. The van der Waals surface area contributed by atoms with E-state index >= 15 is 0 Å². The minimum Gasteiger partial charge on any atom is -0.314 e. The lowest BCUT2D eigenvalue weighted by molar-refractivity contribution is 0.729. The van der Waals surface area contributed by atoms with E-state index in [9.17, 15) is 0 Å². The molecule has 0 amide bonds. The van der Waals surface area contributed by atoms with Crippen molar-refractivity contribution in [2.75, 3.05) is 7.05 Å². The Balaban J connectivity index is 2.36.